The van der Waals surface area contributed by atoms with Crippen LogP contribution in [0.3, 0.4) is 0 Å². The second-order valence-electron chi connectivity index (χ2n) is 4.32. The lowest BCUT2D eigenvalue weighted by Crippen LogP contribution is -2.23. The third kappa shape index (κ3) is 3.64. The predicted molar refractivity (Wildman–Crippen MR) is 91.1 cm³/mol. The third-order valence-electron chi connectivity index (χ3n) is 2.95. The van der Waals surface area contributed by atoms with Gasteiger partial charge in [0.1, 0.15) is 5.82 Å². The number of rotatable bonds is 4. The molecule has 2 rings (SSSR count). The molecule has 0 aromatic heterocycles. The Hall–Kier alpha value is -0.360. The second-order valence-corrected chi connectivity index (χ2v) is 6.36. The van der Waals surface area contributed by atoms with Crippen LogP contribution < -0.4 is 5.32 Å². The van der Waals surface area contributed by atoms with Gasteiger partial charge in [0.2, 0.25) is 0 Å². The van der Waals surface area contributed by atoms with E-state index in [2.05, 4.69) is 27.9 Å². The van der Waals surface area contributed by atoms with Crippen LogP contribution in [0.5, 0.6) is 0 Å². The summed E-state index contributed by atoms with van der Waals surface area (Å²) < 4.78 is 15.2. The highest BCUT2D eigenvalue weighted by atomic mass is 127. The van der Waals surface area contributed by atoms with Crippen molar-refractivity contribution >= 4 is 45.8 Å². The van der Waals surface area contributed by atoms with E-state index in [1.807, 2.05) is 25.1 Å². The Morgan fingerprint density at radius 1 is 1.10 bits per heavy atom. The molecule has 0 fully saturated rings. The monoisotopic (exact) mass is 423 g/mol. The molecule has 0 heterocycles. The van der Waals surface area contributed by atoms with E-state index >= 15 is 0 Å². The molecule has 2 aromatic carbocycles. The maximum atomic E-state index is 14.2. The van der Waals surface area contributed by atoms with E-state index in [1.165, 1.54) is 6.07 Å². The Labute approximate surface area is 141 Å². The fourth-order valence-corrected chi connectivity index (χ4v) is 3.05. The van der Waals surface area contributed by atoms with E-state index in [9.17, 15) is 4.39 Å². The van der Waals surface area contributed by atoms with Crippen molar-refractivity contribution in [1.29, 1.82) is 0 Å². The molecule has 0 spiro atoms. The molecule has 0 saturated heterocycles. The minimum Gasteiger partial charge on any atom is -0.306 e. The fourth-order valence-electron chi connectivity index (χ4n) is 2.06. The van der Waals surface area contributed by atoms with Crippen LogP contribution in [0, 0.1) is 9.39 Å². The molecule has 20 heavy (non-hydrogen) atoms. The van der Waals surface area contributed by atoms with Crippen LogP contribution in [0.15, 0.2) is 36.4 Å². The number of hydrogen-bond acceptors (Lipinski definition) is 1. The zero-order valence-electron chi connectivity index (χ0n) is 10.8. The summed E-state index contributed by atoms with van der Waals surface area (Å²) in [5.41, 5.74) is 1.53. The van der Waals surface area contributed by atoms with Crippen molar-refractivity contribution in [2.24, 2.45) is 0 Å². The summed E-state index contributed by atoms with van der Waals surface area (Å²) in [4.78, 5) is 0. The lowest BCUT2D eigenvalue weighted by Gasteiger charge is -2.21. The largest absolute Gasteiger partial charge is 0.306 e. The maximum absolute atomic E-state index is 14.2. The summed E-state index contributed by atoms with van der Waals surface area (Å²) in [5.74, 6) is -0.320. The van der Waals surface area contributed by atoms with Crippen molar-refractivity contribution in [3.05, 3.63) is 67.0 Å². The number of halogens is 4. The smallest absolute Gasteiger partial charge is 0.129 e. The van der Waals surface area contributed by atoms with Gasteiger partial charge in [-0.25, -0.2) is 4.39 Å². The minimum atomic E-state index is -0.320. The zero-order chi connectivity index (χ0) is 14.7. The average Bonchev–Trinajstić information content (AvgIpc) is 2.40. The van der Waals surface area contributed by atoms with Crippen molar-refractivity contribution in [1.82, 2.24) is 5.32 Å². The molecular weight excluding hydrogens is 411 g/mol. The van der Waals surface area contributed by atoms with E-state index in [4.69, 9.17) is 23.2 Å². The Bertz CT molecular complexity index is 619. The van der Waals surface area contributed by atoms with Gasteiger partial charge in [-0.1, -0.05) is 36.2 Å². The van der Waals surface area contributed by atoms with E-state index in [-0.39, 0.29) is 11.9 Å². The summed E-state index contributed by atoms with van der Waals surface area (Å²) in [7, 11) is 0. The molecule has 0 radical (unpaired) electrons. The topological polar surface area (TPSA) is 12.0 Å². The molecule has 0 bridgehead atoms. The first-order chi connectivity index (χ1) is 9.52. The van der Waals surface area contributed by atoms with E-state index < -0.39 is 0 Å². The Kier molecular flexibility index (Phi) is 5.66. The molecule has 1 nitrogen and oxygen atoms in total. The molecular formula is C15H13Cl2FIN. The molecule has 0 aliphatic carbocycles. The van der Waals surface area contributed by atoms with Gasteiger partial charge in [0.25, 0.3) is 0 Å². The number of nitrogens with one attached hydrogen (secondary N) is 1. The lowest BCUT2D eigenvalue weighted by molar-refractivity contribution is 0.558. The van der Waals surface area contributed by atoms with Gasteiger partial charge in [0.05, 0.1) is 6.04 Å². The zero-order valence-corrected chi connectivity index (χ0v) is 14.4. The van der Waals surface area contributed by atoms with Crippen LogP contribution in [0.1, 0.15) is 24.1 Å². The maximum Gasteiger partial charge on any atom is 0.129 e. The molecule has 0 aliphatic rings. The molecule has 0 aliphatic heterocycles. The van der Waals surface area contributed by atoms with Crippen LogP contribution in [0.4, 0.5) is 4.39 Å². The summed E-state index contributed by atoms with van der Waals surface area (Å²) in [6.45, 7) is 2.70. The van der Waals surface area contributed by atoms with E-state index in [1.54, 1.807) is 12.1 Å². The normalized spacial score (nSPS) is 12.4. The van der Waals surface area contributed by atoms with Gasteiger partial charge < -0.3 is 5.32 Å². The lowest BCUT2D eigenvalue weighted by atomic mass is 9.98. The molecule has 0 saturated carbocycles. The summed E-state index contributed by atoms with van der Waals surface area (Å²) in [6, 6.07) is 10.1. The fraction of sp³-hybridized carbons (Fsp3) is 0.200. The average molecular weight is 424 g/mol. The van der Waals surface area contributed by atoms with Gasteiger partial charge in [-0.15, -0.1) is 0 Å². The van der Waals surface area contributed by atoms with E-state index in [0.29, 0.717) is 15.6 Å². The van der Waals surface area contributed by atoms with Crippen LogP contribution >= 0.6 is 45.8 Å². The van der Waals surface area contributed by atoms with Gasteiger partial charge in [-0.05, 0) is 65.0 Å². The highest BCUT2D eigenvalue weighted by molar-refractivity contribution is 14.1. The van der Waals surface area contributed by atoms with Crippen LogP contribution in [-0.2, 0) is 0 Å². The molecule has 2 aromatic rings. The minimum absolute atomic E-state index is 0.247. The third-order valence-corrected chi connectivity index (χ3v) is 4.40. The highest BCUT2D eigenvalue weighted by Crippen LogP contribution is 2.31. The van der Waals surface area contributed by atoms with E-state index in [0.717, 1.165) is 15.7 Å². The number of benzene rings is 2. The van der Waals surface area contributed by atoms with Gasteiger partial charge in [-0.3, -0.25) is 0 Å². The standard InChI is InChI=1S/C15H13Cl2FIN/c1-2-20-15(11-5-3-10(17)8-13(11)18)12-7-9(16)4-6-14(12)19/h3-8,15,20H,2H2,1H3. The van der Waals surface area contributed by atoms with Gasteiger partial charge in [0.15, 0.2) is 0 Å². The molecule has 1 unspecified atom stereocenters. The SMILES string of the molecule is CCNC(c1ccc(Cl)cc1F)c1cc(Cl)ccc1I. The van der Waals surface area contributed by atoms with Crippen molar-refractivity contribution < 1.29 is 4.39 Å². The van der Waals surface area contributed by atoms with Crippen molar-refractivity contribution in [2.45, 2.75) is 13.0 Å². The van der Waals surface area contributed by atoms with Crippen molar-refractivity contribution in [3.63, 3.8) is 0 Å². The van der Waals surface area contributed by atoms with Gasteiger partial charge in [0, 0.05) is 19.2 Å². The molecule has 5 heteroatoms. The van der Waals surface area contributed by atoms with Crippen molar-refractivity contribution in [2.75, 3.05) is 6.54 Å². The Morgan fingerprint density at radius 3 is 2.40 bits per heavy atom. The Morgan fingerprint density at radius 2 is 1.75 bits per heavy atom. The first-order valence-corrected chi connectivity index (χ1v) is 7.99. The summed E-state index contributed by atoms with van der Waals surface area (Å²) >= 11 is 14.1. The van der Waals surface area contributed by atoms with Gasteiger partial charge in [-0.2, -0.15) is 0 Å². The van der Waals surface area contributed by atoms with Crippen LogP contribution in [-0.4, -0.2) is 6.54 Å². The number of hydrogen-bond donors (Lipinski definition) is 1. The highest BCUT2D eigenvalue weighted by Gasteiger charge is 2.19. The molecule has 0 amide bonds. The predicted octanol–water partition coefficient (Wildman–Crippen LogP) is 5.44. The van der Waals surface area contributed by atoms with Crippen LogP contribution in [0.25, 0.3) is 0 Å². The first-order valence-electron chi connectivity index (χ1n) is 6.16. The molecule has 1 atom stereocenters. The Balaban J connectivity index is 2.53. The molecule has 1 N–H and O–H groups in total. The second kappa shape index (κ2) is 7.07. The quantitative estimate of drug-likeness (QED) is 0.646. The summed E-state index contributed by atoms with van der Waals surface area (Å²) in [5, 5.41) is 4.32. The summed E-state index contributed by atoms with van der Waals surface area (Å²) in [6.07, 6.45) is 0. The van der Waals surface area contributed by atoms with Crippen molar-refractivity contribution in [3.8, 4) is 0 Å². The first kappa shape index (κ1) is 16.0. The van der Waals surface area contributed by atoms with Crippen LogP contribution in [0.2, 0.25) is 10.0 Å². The van der Waals surface area contributed by atoms with Gasteiger partial charge >= 0.3 is 0 Å². The molecule has 106 valence electrons.